The van der Waals surface area contributed by atoms with Crippen LogP contribution in [0.5, 0.6) is 0 Å². The maximum absolute atomic E-state index is 13.1. The van der Waals surface area contributed by atoms with Crippen LogP contribution in [0.4, 0.5) is 0 Å². The molecular weight excluding hydrogens is 1400 g/mol. The van der Waals surface area contributed by atoms with E-state index in [4.69, 9.17) is 37.0 Å². The van der Waals surface area contributed by atoms with Gasteiger partial charge in [0.05, 0.1) is 26.4 Å². The molecule has 3 N–H and O–H groups in total. The zero-order chi connectivity index (χ0) is 78.9. The minimum Gasteiger partial charge on any atom is -0.462 e. The van der Waals surface area contributed by atoms with Gasteiger partial charge in [0.15, 0.2) is 12.2 Å². The highest BCUT2D eigenvalue weighted by Crippen LogP contribution is 2.45. The van der Waals surface area contributed by atoms with Gasteiger partial charge in [0.2, 0.25) is 0 Å². The van der Waals surface area contributed by atoms with Gasteiger partial charge >= 0.3 is 39.5 Å². The predicted octanol–water partition coefficient (Wildman–Crippen LogP) is 24.8. The lowest BCUT2D eigenvalue weighted by atomic mass is 10.1. The summed E-state index contributed by atoms with van der Waals surface area (Å²) in [5.41, 5.74) is 0. The molecule has 0 aromatic heterocycles. The molecule has 0 aliphatic heterocycles. The normalized spacial score (nSPS) is 14.6. The van der Waals surface area contributed by atoms with Crippen LogP contribution in [-0.2, 0) is 65.4 Å². The summed E-state index contributed by atoms with van der Waals surface area (Å²) in [6.45, 7) is 4.55. The van der Waals surface area contributed by atoms with Crippen molar-refractivity contribution in [3.8, 4) is 0 Å². The Morgan fingerprint density at radius 3 is 0.852 bits per heavy atom. The number of carbonyl (C=O) groups excluding carboxylic acids is 4. The fourth-order valence-corrected chi connectivity index (χ4v) is 12.2. The van der Waals surface area contributed by atoms with Crippen LogP contribution in [0.1, 0.15) is 323 Å². The number of hydrogen-bond donors (Lipinski definition) is 3. The van der Waals surface area contributed by atoms with E-state index in [9.17, 15) is 43.2 Å². The Balaban J connectivity index is 5.53. The molecule has 0 aromatic carbocycles. The summed E-state index contributed by atoms with van der Waals surface area (Å²) in [4.78, 5) is 73.1. The predicted molar refractivity (Wildman–Crippen MR) is 445 cm³/mol. The maximum atomic E-state index is 13.1. The molecule has 0 fully saturated rings. The van der Waals surface area contributed by atoms with Gasteiger partial charge in [0.1, 0.15) is 19.3 Å². The Morgan fingerprint density at radius 1 is 0.269 bits per heavy atom. The van der Waals surface area contributed by atoms with Crippen LogP contribution in [-0.4, -0.2) is 96.7 Å². The van der Waals surface area contributed by atoms with Crippen LogP contribution in [0.2, 0.25) is 0 Å². The average molecular weight is 1550 g/mol. The van der Waals surface area contributed by atoms with E-state index in [1.807, 2.05) is 36.5 Å². The number of aliphatic hydroxyl groups is 1. The van der Waals surface area contributed by atoms with Gasteiger partial charge < -0.3 is 33.8 Å². The number of aliphatic hydroxyl groups excluding tert-OH is 1. The van der Waals surface area contributed by atoms with Crippen molar-refractivity contribution >= 4 is 39.5 Å². The van der Waals surface area contributed by atoms with Crippen LogP contribution in [0.15, 0.2) is 158 Å². The number of phosphoric acid groups is 2. The molecule has 0 saturated carbocycles. The number of hydrogen-bond acceptors (Lipinski definition) is 15. The number of carbonyl (C=O) groups is 4. The summed E-state index contributed by atoms with van der Waals surface area (Å²) in [6, 6.07) is 0. The topological polar surface area (TPSA) is 237 Å². The molecule has 108 heavy (non-hydrogen) atoms. The monoisotopic (exact) mass is 1550 g/mol. The standard InChI is InChI=1S/C89H148O17P2/c1-5-9-13-17-21-25-29-33-37-39-41-43-47-50-54-58-62-66-70-74-87(92)100-80-85(106-89(94)76-72-68-64-60-56-52-48-44-42-40-38-34-30-26-22-18-14-10-6-2)82-104-108(97,98)102-78-83(90)77-101-107(95,96)103-81-84(105-88(93)75-71-67-63-59-55-51-46-36-32-28-24-20-16-12-8-4)79-99-86(91)73-69-65-61-57-53-49-45-35-31-27-23-19-15-11-7-3/h9,13,21-22,25-26,28,32-35,37-38,41-45,50,52,54,56,62,64,66,68,83-85,90H,5-8,10-12,14-20,23-24,27,29-31,36,39-40,46-49,51,53,55,57-61,63,65,67,69-82H2,1-4H3,(H,95,96)(H,97,98)/b13-9-,25-21-,26-22-,32-28-,37-33-,38-34-,43-41-,44-42-,45-35-,54-50-,56-52-,66-62-,68-64-/t83-,84+,85+/m0/s1. The molecule has 17 nitrogen and oxygen atoms in total. The van der Waals surface area contributed by atoms with Crippen molar-refractivity contribution in [3.05, 3.63) is 158 Å². The molecule has 0 heterocycles. The van der Waals surface area contributed by atoms with Gasteiger partial charge in [0.25, 0.3) is 0 Å². The average Bonchev–Trinajstić information content (AvgIpc) is 0.896. The molecule has 616 valence electrons. The zero-order valence-electron chi connectivity index (χ0n) is 67.5. The summed E-state index contributed by atoms with van der Waals surface area (Å²) in [7, 11) is -10.0. The van der Waals surface area contributed by atoms with E-state index in [1.165, 1.54) is 83.5 Å². The molecular formula is C89H148O17P2. The Hall–Kier alpha value is -5.32. The molecule has 19 heteroatoms. The smallest absolute Gasteiger partial charge is 0.462 e. The van der Waals surface area contributed by atoms with E-state index in [0.29, 0.717) is 38.5 Å². The molecule has 0 spiro atoms. The number of allylic oxidation sites excluding steroid dienone is 26. The quantitative estimate of drug-likeness (QED) is 0.0169. The van der Waals surface area contributed by atoms with Gasteiger partial charge in [-0.2, -0.15) is 0 Å². The Morgan fingerprint density at radius 2 is 0.500 bits per heavy atom. The number of phosphoric ester groups is 2. The first-order valence-electron chi connectivity index (χ1n) is 41.7. The number of ether oxygens (including phenoxy) is 4. The SMILES string of the molecule is CC/C=C\C/C=C\C/C=C\C/C=C\C/C=C\C/C=C\CCC(=O)OC[C@H](COP(=O)(O)OC[C@@H](O)COP(=O)(O)OC[C@@H](COC(=O)CCCCCCC/C=C\CCCCCCCC)OC(=O)CCCCCCCCC/C=C\CCCCCC)OC(=O)CC/C=C\C/C=C\C/C=C\C/C=C\C/C=C\CCCCC. The lowest BCUT2D eigenvalue weighted by Crippen LogP contribution is -2.30. The van der Waals surface area contributed by atoms with Crippen molar-refractivity contribution in [1.29, 1.82) is 0 Å². The van der Waals surface area contributed by atoms with Crippen molar-refractivity contribution in [2.24, 2.45) is 0 Å². The van der Waals surface area contributed by atoms with E-state index in [-0.39, 0.29) is 25.7 Å². The highest BCUT2D eigenvalue weighted by molar-refractivity contribution is 7.47. The van der Waals surface area contributed by atoms with Crippen molar-refractivity contribution < 1.29 is 80.2 Å². The summed E-state index contributed by atoms with van der Waals surface area (Å²) in [6.07, 6.45) is 93.8. The molecule has 0 rings (SSSR count). The first-order valence-corrected chi connectivity index (χ1v) is 44.7. The zero-order valence-corrected chi connectivity index (χ0v) is 69.3. The van der Waals surface area contributed by atoms with Crippen LogP contribution in [0, 0.1) is 0 Å². The summed E-state index contributed by atoms with van der Waals surface area (Å²) in [5, 5.41) is 10.7. The molecule has 0 amide bonds. The molecule has 0 aromatic rings. The maximum Gasteiger partial charge on any atom is 0.472 e. The minimum absolute atomic E-state index is 0.0155. The Kier molecular flexibility index (Phi) is 75.8. The molecule has 5 atom stereocenters. The first-order chi connectivity index (χ1) is 52.7. The van der Waals surface area contributed by atoms with Gasteiger partial charge in [0, 0.05) is 25.7 Å². The van der Waals surface area contributed by atoms with Gasteiger partial charge in [-0.15, -0.1) is 0 Å². The van der Waals surface area contributed by atoms with Crippen molar-refractivity contribution in [2.75, 3.05) is 39.6 Å². The molecule has 0 saturated heterocycles. The van der Waals surface area contributed by atoms with E-state index >= 15 is 0 Å². The van der Waals surface area contributed by atoms with Gasteiger partial charge in [-0.05, 0) is 154 Å². The Labute approximate surface area is 655 Å². The second-order valence-corrected chi connectivity index (χ2v) is 30.2. The first kappa shape index (κ1) is 103. The van der Waals surface area contributed by atoms with E-state index in [0.717, 1.165) is 148 Å². The van der Waals surface area contributed by atoms with Crippen molar-refractivity contribution in [2.45, 2.75) is 341 Å². The second kappa shape index (κ2) is 79.8. The summed E-state index contributed by atoms with van der Waals surface area (Å²) >= 11 is 0. The molecule has 0 aliphatic carbocycles. The lowest BCUT2D eigenvalue weighted by Gasteiger charge is -2.21. The number of esters is 4. The minimum atomic E-state index is -5.02. The van der Waals surface area contributed by atoms with Gasteiger partial charge in [-0.25, -0.2) is 9.13 Å². The number of unbranched alkanes of at least 4 members (excludes halogenated alkanes) is 25. The summed E-state index contributed by atoms with van der Waals surface area (Å²) < 4.78 is 68.5. The lowest BCUT2D eigenvalue weighted by molar-refractivity contribution is -0.161. The van der Waals surface area contributed by atoms with Gasteiger partial charge in [-0.1, -0.05) is 301 Å². The largest absolute Gasteiger partial charge is 0.472 e. The van der Waals surface area contributed by atoms with Crippen molar-refractivity contribution in [3.63, 3.8) is 0 Å². The van der Waals surface area contributed by atoms with Crippen molar-refractivity contribution in [1.82, 2.24) is 0 Å². The highest BCUT2D eigenvalue weighted by atomic mass is 31.2. The van der Waals surface area contributed by atoms with E-state index < -0.39 is 97.5 Å². The summed E-state index contributed by atoms with van der Waals surface area (Å²) in [5.74, 6) is -2.39. The third-order valence-electron chi connectivity index (χ3n) is 17.0. The highest BCUT2D eigenvalue weighted by Gasteiger charge is 2.30. The van der Waals surface area contributed by atoms with E-state index in [1.54, 1.807) is 0 Å². The third-order valence-corrected chi connectivity index (χ3v) is 18.9. The van der Waals surface area contributed by atoms with E-state index in [2.05, 4.69) is 149 Å². The van der Waals surface area contributed by atoms with Gasteiger partial charge in [-0.3, -0.25) is 37.3 Å². The molecule has 0 radical (unpaired) electrons. The van der Waals surface area contributed by atoms with Crippen LogP contribution in [0.3, 0.4) is 0 Å². The molecule has 2 unspecified atom stereocenters. The van der Waals surface area contributed by atoms with Crippen LogP contribution < -0.4 is 0 Å². The fourth-order valence-electron chi connectivity index (χ4n) is 10.6. The molecule has 0 bridgehead atoms. The third kappa shape index (κ3) is 78.8. The Bertz CT molecular complexity index is 2660. The van der Waals surface area contributed by atoms with Crippen LogP contribution in [0.25, 0.3) is 0 Å². The number of rotatable bonds is 77. The second-order valence-electron chi connectivity index (χ2n) is 27.3. The molecule has 0 aliphatic rings. The van der Waals surface area contributed by atoms with Crippen LogP contribution >= 0.6 is 15.6 Å². The fraction of sp³-hybridized carbons (Fsp3) is 0.663.